The van der Waals surface area contributed by atoms with E-state index in [2.05, 4.69) is 81.8 Å². The Hall–Kier alpha value is -5.36. The molecule has 4 aromatic rings. The minimum Gasteiger partial charge on any atom is -0.495 e. The molecule has 2 aliphatic carbocycles. The first-order valence-electron chi connectivity index (χ1n) is 18.6. The summed E-state index contributed by atoms with van der Waals surface area (Å²) in [6.07, 6.45) is 19.3. The Labute approximate surface area is 336 Å². The van der Waals surface area contributed by atoms with E-state index in [0.29, 0.717) is 81.3 Å². The van der Waals surface area contributed by atoms with E-state index in [-0.39, 0.29) is 11.5 Å². The van der Waals surface area contributed by atoms with Gasteiger partial charge in [0.1, 0.15) is 11.5 Å². The first-order chi connectivity index (χ1) is 27.3. The maximum absolute atomic E-state index is 13.6. The van der Waals surface area contributed by atoms with Gasteiger partial charge in [0, 0.05) is 40.5 Å². The number of ether oxygens (including phenoxy) is 2. The number of anilines is 4. The predicted octanol–water partition coefficient (Wildman–Crippen LogP) is 9.29. The highest BCUT2D eigenvalue weighted by molar-refractivity contribution is 8.02. The van der Waals surface area contributed by atoms with Gasteiger partial charge in [0.2, 0.25) is 0 Å². The summed E-state index contributed by atoms with van der Waals surface area (Å²) in [6.45, 7) is 1.16. The number of rotatable bonds is 14. The number of nitrogens with one attached hydrogen (secondary N) is 4. The molecular weight excluding hydrogens is 741 g/mol. The van der Waals surface area contributed by atoms with Gasteiger partial charge in [-0.2, -0.15) is 0 Å². The molecule has 5 atom stereocenters. The van der Waals surface area contributed by atoms with E-state index in [9.17, 15) is 14.7 Å². The lowest BCUT2D eigenvalue weighted by atomic mass is 9.84. The Morgan fingerprint density at radius 3 is 2.04 bits per heavy atom. The van der Waals surface area contributed by atoms with Crippen molar-refractivity contribution in [1.82, 2.24) is 10.6 Å². The van der Waals surface area contributed by atoms with Crippen LogP contribution in [0.3, 0.4) is 0 Å². The lowest BCUT2D eigenvalue weighted by Gasteiger charge is -2.31. The fraction of sp³-hybridized carbons (Fsp3) is 0.244. The lowest BCUT2D eigenvalue weighted by molar-refractivity contribution is 0.0697. The van der Waals surface area contributed by atoms with Crippen LogP contribution in [0.4, 0.5) is 22.7 Å². The summed E-state index contributed by atoms with van der Waals surface area (Å²) in [5.41, 5.74) is 4.94. The summed E-state index contributed by atoms with van der Waals surface area (Å²) in [4.78, 5) is 26.7. The quantitative estimate of drug-likeness (QED) is 0.0792. The third-order valence-corrected chi connectivity index (χ3v) is 12.7. The van der Waals surface area contributed by atoms with Crippen LogP contribution < -0.4 is 30.7 Å². The number of fused-ring (bicyclic) bond motifs is 2. The largest absolute Gasteiger partial charge is 0.495 e. The van der Waals surface area contributed by atoms with Crippen molar-refractivity contribution in [3.63, 3.8) is 0 Å². The van der Waals surface area contributed by atoms with Gasteiger partial charge in [-0.15, -0.1) is 23.5 Å². The number of carbonyl (C=O) groups excluding carboxylic acids is 1. The number of allylic oxidation sites excluding steroid dienone is 4. The van der Waals surface area contributed by atoms with Crippen LogP contribution in [0.1, 0.15) is 27.1 Å². The Morgan fingerprint density at radius 1 is 0.768 bits per heavy atom. The number of aromatic carboxylic acids is 1. The summed E-state index contributed by atoms with van der Waals surface area (Å²) < 4.78 is 11.5. The summed E-state index contributed by atoms with van der Waals surface area (Å²) in [7, 11) is 3.19. The number of benzene rings is 4. The number of carbonyl (C=O) groups is 2. The fourth-order valence-electron chi connectivity index (χ4n) is 7.45. The third-order valence-electron chi connectivity index (χ3n) is 10.3. The zero-order valence-electron chi connectivity index (χ0n) is 31.5. The van der Waals surface area contributed by atoms with E-state index in [0.717, 1.165) is 17.5 Å². The molecule has 5 N–H and O–H groups in total. The summed E-state index contributed by atoms with van der Waals surface area (Å²) >= 11 is 3.85. The highest BCUT2D eigenvalue weighted by Gasteiger charge is 2.38. The monoisotopic (exact) mass is 786 g/mol. The van der Waals surface area contributed by atoms with Crippen LogP contribution >= 0.6 is 23.5 Å². The zero-order valence-corrected chi connectivity index (χ0v) is 33.2. The third kappa shape index (κ3) is 8.86. The van der Waals surface area contributed by atoms with E-state index in [1.54, 1.807) is 50.2 Å². The molecule has 288 valence electrons. The number of hydrogen-bond donors (Lipinski definition) is 5. The predicted molar refractivity (Wildman–Crippen MR) is 231 cm³/mol. The second kappa shape index (κ2) is 18.1. The molecule has 0 saturated carbocycles. The molecule has 4 aromatic carbocycles. The van der Waals surface area contributed by atoms with Crippen LogP contribution in [0.2, 0.25) is 0 Å². The van der Waals surface area contributed by atoms with Crippen molar-refractivity contribution < 1.29 is 24.2 Å². The highest BCUT2D eigenvalue weighted by atomic mass is 32.2. The van der Waals surface area contributed by atoms with Crippen LogP contribution in [-0.2, 0) is 0 Å². The van der Waals surface area contributed by atoms with Crippen LogP contribution in [-0.4, -0.2) is 67.1 Å². The van der Waals surface area contributed by atoms with E-state index in [4.69, 9.17) is 9.47 Å². The maximum atomic E-state index is 13.6. The molecule has 7 rings (SSSR count). The van der Waals surface area contributed by atoms with Gasteiger partial charge in [0.15, 0.2) is 0 Å². The minimum absolute atomic E-state index is 0.155. The minimum atomic E-state index is -1.02. The Kier molecular flexibility index (Phi) is 12.5. The van der Waals surface area contributed by atoms with Crippen LogP contribution in [0.5, 0.6) is 11.5 Å². The molecule has 1 amide bonds. The van der Waals surface area contributed by atoms with Crippen molar-refractivity contribution in [2.45, 2.75) is 23.0 Å². The zero-order chi connectivity index (χ0) is 39.0. The second-order valence-corrected chi connectivity index (χ2v) is 16.0. The molecule has 1 fully saturated rings. The van der Waals surface area contributed by atoms with Crippen LogP contribution in [0, 0.1) is 11.8 Å². The normalized spacial score (nSPS) is 20.8. The van der Waals surface area contributed by atoms with Crippen molar-refractivity contribution in [1.29, 1.82) is 0 Å². The van der Waals surface area contributed by atoms with Crippen molar-refractivity contribution >= 4 is 58.1 Å². The maximum Gasteiger partial charge on any atom is 0.337 e. The van der Waals surface area contributed by atoms with Gasteiger partial charge in [-0.05, 0) is 78.3 Å². The van der Waals surface area contributed by atoms with Gasteiger partial charge in [-0.3, -0.25) is 4.79 Å². The number of amides is 1. The molecule has 1 saturated heterocycles. The number of hydrogen-bond acceptors (Lipinski definition) is 9. The highest BCUT2D eigenvalue weighted by Crippen LogP contribution is 2.44. The number of para-hydroxylation sites is 2. The van der Waals surface area contributed by atoms with E-state index in [1.807, 2.05) is 60.7 Å². The first-order valence-corrected chi connectivity index (χ1v) is 20.8. The summed E-state index contributed by atoms with van der Waals surface area (Å²) in [5, 5.41) is 24.1. The van der Waals surface area contributed by atoms with Crippen molar-refractivity contribution in [3.05, 3.63) is 143 Å². The molecule has 11 heteroatoms. The molecule has 3 aliphatic rings. The molecule has 5 unspecified atom stereocenters. The van der Waals surface area contributed by atoms with Crippen molar-refractivity contribution in [2.75, 3.05) is 44.2 Å². The lowest BCUT2D eigenvalue weighted by Crippen LogP contribution is -2.43. The molecule has 9 nitrogen and oxygen atoms in total. The van der Waals surface area contributed by atoms with Gasteiger partial charge in [0.25, 0.3) is 5.91 Å². The van der Waals surface area contributed by atoms with Gasteiger partial charge in [0.05, 0.1) is 48.1 Å². The SMILES string of the molecule is COc1cc(-c2ccc(Nc3ccccc3C(=O)NCCNC3CC4C=CC=CC4SC4C=CC(SC)=CC34)c(OC)c2)ccc1Nc1ccccc1C(=O)O. The molecule has 0 bridgehead atoms. The smallest absolute Gasteiger partial charge is 0.337 e. The molecule has 56 heavy (non-hydrogen) atoms. The van der Waals surface area contributed by atoms with Gasteiger partial charge in [-0.25, -0.2) is 4.79 Å². The van der Waals surface area contributed by atoms with Crippen molar-refractivity contribution in [2.24, 2.45) is 11.8 Å². The fourth-order valence-corrected chi connectivity index (χ4v) is 9.53. The number of thioether (sulfide) groups is 2. The molecule has 1 heterocycles. The number of carboxylic acid groups (broad SMARTS) is 1. The van der Waals surface area contributed by atoms with Gasteiger partial charge >= 0.3 is 5.97 Å². The first kappa shape index (κ1) is 38.9. The standard InChI is InChI=1S/C45H46N4O5S2/c1-53-40-25-28(29-17-20-38(41(26-29)54-2)49-36-14-8-6-12-33(36)45(51)52)16-19-37(40)48-35-13-7-5-11-32(35)44(50)47-23-22-46-39-24-30-10-4-9-15-42(30)56-43-21-18-31(55-3)27-34(39)43/h4-21,25-27,30,34,39,42-43,46,48-49H,22-24H2,1-3H3,(H,47,50)(H,51,52). The average Bonchev–Trinajstić information content (AvgIpc) is 3.39. The van der Waals surface area contributed by atoms with Crippen molar-refractivity contribution in [3.8, 4) is 22.6 Å². The molecule has 1 aliphatic heterocycles. The van der Waals surface area contributed by atoms with Crippen LogP contribution in [0.25, 0.3) is 11.1 Å². The second-order valence-electron chi connectivity index (χ2n) is 13.7. The van der Waals surface area contributed by atoms with Gasteiger partial charge in [-0.1, -0.05) is 78.9 Å². The molecule has 0 radical (unpaired) electrons. The van der Waals surface area contributed by atoms with E-state index in [1.165, 1.54) is 4.91 Å². The average molecular weight is 787 g/mol. The molecular formula is C45H46N4O5S2. The summed E-state index contributed by atoms with van der Waals surface area (Å²) in [5.74, 6) is 0.839. The Morgan fingerprint density at radius 2 is 1.39 bits per heavy atom. The number of carboxylic acids is 1. The molecule has 0 spiro atoms. The number of methoxy groups -OCH3 is 2. The summed E-state index contributed by atoms with van der Waals surface area (Å²) in [6, 6.07) is 26.0. The van der Waals surface area contributed by atoms with Gasteiger partial charge < -0.3 is 35.8 Å². The van der Waals surface area contributed by atoms with Crippen LogP contribution in [0.15, 0.2) is 132 Å². The Balaban J connectivity index is 1.01. The topological polar surface area (TPSA) is 121 Å². The Bertz CT molecular complexity index is 2200. The van der Waals surface area contributed by atoms with E-state index >= 15 is 0 Å². The molecule has 0 aromatic heterocycles. The van der Waals surface area contributed by atoms with E-state index < -0.39 is 5.97 Å².